The number of hydrogen-bond donors (Lipinski definition) is 1. The number of likely N-dealkylation sites (N-methyl/N-ethyl adjacent to an activating group) is 1. The molecule has 5 atom stereocenters. The highest BCUT2D eigenvalue weighted by molar-refractivity contribution is 5.94. The minimum Gasteiger partial charge on any atom is -0.474 e. The SMILES string of the molecule is C[C@H](Oc1cc(O[C@H]2CCN(C(=O)OC(C)(C)C)[C@H](CC#N)C2)nc(C(N)=NOC(=O)C2(c3ccccc3F)CCC2)n1)[C@@H]1C[C@@H](F)CN1C. The van der Waals surface area contributed by atoms with E-state index in [0.717, 1.165) is 6.42 Å². The van der Waals surface area contributed by atoms with E-state index in [9.17, 15) is 23.6 Å². The number of alkyl halides is 1. The van der Waals surface area contributed by atoms with Gasteiger partial charge in [0.1, 0.15) is 29.8 Å². The van der Waals surface area contributed by atoms with Gasteiger partial charge in [-0.3, -0.25) is 4.90 Å². The molecule has 15 heteroatoms. The standard InChI is InChI=1S/C35H45F2N7O6/c1-21(27-17-22(36)20-43(27)5)47-28-19-29(48-24-12-16-44(23(18-24)11-15-38)33(46)49-34(2,3)4)41-31(40-28)30(39)42-50-32(45)35(13-8-14-35)25-9-6-7-10-26(25)37/h6-7,9-10,19,21-24,27H,8,11-14,16-18,20H2,1-5H3,(H2,39,42)/t21-,22+,23+,24-,27-/m0/s1. The molecule has 3 aliphatic rings. The summed E-state index contributed by atoms with van der Waals surface area (Å²) in [6.45, 7) is 7.70. The van der Waals surface area contributed by atoms with Crippen molar-refractivity contribution in [1.82, 2.24) is 19.8 Å². The first-order valence-electron chi connectivity index (χ1n) is 16.9. The largest absolute Gasteiger partial charge is 0.474 e. The van der Waals surface area contributed by atoms with Crippen molar-refractivity contribution < 1.29 is 37.4 Å². The molecule has 13 nitrogen and oxygen atoms in total. The number of piperidine rings is 1. The number of benzene rings is 1. The maximum atomic E-state index is 14.7. The Hall–Kier alpha value is -4.58. The van der Waals surface area contributed by atoms with Gasteiger partial charge < -0.3 is 29.7 Å². The number of rotatable bonds is 10. The van der Waals surface area contributed by atoms with Crippen LogP contribution in [0, 0.1) is 17.1 Å². The number of hydrogen-bond acceptors (Lipinski definition) is 11. The molecule has 2 aliphatic heterocycles. The van der Waals surface area contributed by atoms with E-state index < -0.39 is 53.3 Å². The van der Waals surface area contributed by atoms with E-state index in [1.54, 1.807) is 50.8 Å². The molecule has 0 unspecified atom stereocenters. The van der Waals surface area contributed by atoms with Gasteiger partial charge in [0.05, 0.1) is 30.0 Å². The molecule has 1 aromatic carbocycles. The lowest BCUT2D eigenvalue weighted by Crippen LogP contribution is -2.50. The van der Waals surface area contributed by atoms with Crippen LogP contribution in [0.3, 0.4) is 0 Å². The Kier molecular flexibility index (Phi) is 11.1. The van der Waals surface area contributed by atoms with Crippen LogP contribution < -0.4 is 15.2 Å². The zero-order valence-corrected chi connectivity index (χ0v) is 29.1. The number of amides is 1. The van der Waals surface area contributed by atoms with Crippen LogP contribution in [0.5, 0.6) is 11.8 Å². The number of aromatic nitrogens is 2. The smallest absolute Gasteiger partial charge is 0.410 e. The number of nitrogens with zero attached hydrogens (tertiary/aromatic N) is 6. The van der Waals surface area contributed by atoms with Crippen LogP contribution in [0.2, 0.25) is 0 Å². The van der Waals surface area contributed by atoms with Crippen LogP contribution in [-0.2, 0) is 19.8 Å². The van der Waals surface area contributed by atoms with Crippen LogP contribution in [0.1, 0.15) is 84.0 Å². The first kappa shape index (κ1) is 36.7. The van der Waals surface area contributed by atoms with Crippen LogP contribution in [0.4, 0.5) is 13.6 Å². The summed E-state index contributed by atoms with van der Waals surface area (Å²) in [5.74, 6) is -1.63. The summed E-state index contributed by atoms with van der Waals surface area (Å²) in [5.41, 5.74) is 4.61. The van der Waals surface area contributed by atoms with Crippen LogP contribution in [0.15, 0.2) is 35.5 Å². The van der Waals surface area contributed by atoms with Crippen molar-refractivity contribution in [2.75, 3.05) is 20.1 Å². The Balaban J connectivity index is 1.37. The van der Waals surface area contributed by atoms with Crippen molar-refractivity contribution in [1.29, 1.82) is 5.26 Å². The summed E-state index contributed by atoms with van der Waals surface area (Å²) in [6.07, 6.45) is 0.184. The Morgan fingerprint density at radius 1 is 1.20 bits per heavy atom. The second-order valence-corrected chi connectivity index (χ2v) is 14.3. The molecule has 1 aromatic heterocycles. The predicted molar refractivity (Wildman–Crippen MR) is 177 cm³/mol. The number of amidine groups is 1. The van der Waals surface area contributed by atoms with Gasteiger partial charge in [-0.2, -0.15) is 15.2 Å². The fourth-order valence-corrected chi connectivity index (χ4v) is 6.76. The molecule has 2 saturated heterocycles. The summed E-state index contributed by atoms with van der Waals surface area (Å²) in [4.78, 5) is 43.7. The van der Waals surface area contributed by atoms with Gasteiger partial charge in [0.25, 0.3) is 0 Å². The van der Waals surface area contributed by atoms with Crippen molar-refractivity contribution >= 4 is 17.9 Å². The van der Waals surface area contributed by atoms with Crippen LogP contribution in [-0.4, -0.2) is 93.9 Å². The molecule has 3 fully saturated rings. The second-order valence-electron chi connectivity index (χ2n) is 14.3. The average molecular weight is 698 g/mol. The van der Waals surface area contributed by atoms with E-state index in [1.165, 1.54) is 12.1 Å². The number of carbonyl (C=O) groups excluding carboxylic acids is 2. The number of likely N-dealkylation sites (tertiary alicyclic amines) is 2. The highest BCUT2D eigenvalue weighted by Crippen LogP contribution is 2.45. The molecule has 0 radical (unpaired) electrons. The normalized spacial score (nSPS) is 24.4. The Morgan fingerprint density at radius 2 is 1.92 bits per heavy atom. The predicted octanol–water partition coefficient (Wildman–Crippen LogP) is 4.77. The van der Waals surface area contributed by atoms with Crippen molar-refractivity contribution in [2.45, 2.75) is 114 Å². The summed E-state index contributed by atoms with van der Waals surface area (Å²) >= 11 is 0. The van der Waals surface area contributed by atoms with Gasteiger partial charge in [-0.05, 0) is 60.1 Å². The molecule has 1 aliphatic carbocycles. The minimum absolute atomic E-state index is 0.0677. The molecule has 0 bridgehead atoms. The second kappa shape index (κ2) is 15.1. The zero-order chi connectivity index (χ0) is 36.2. The lowest BCUT2D eigenvalue weighted by molar-refractivity contribution is -0.154. The number of nitrogens with two attached hydrogens (primary N) is 1. The van der Waals surface area contributed by atoms with Gasteiger partial charge in [-0.15, -0.1) is 0 Å². The van der Waals surface area contributed by atoms with Gasteiger partial charge in [0.2, 0.25) is 23.4 Å². The highest BCUT2D eigenvalue weighted by Gasteiger charge is 2.49. The van der Waals surface area contributed by atoms with E-state index in [2.05, 4.69) is 21.2 Å². The molecule has 50 heavy (non-hydrogen) atoms. The van der Waals surface area contributed by atoms with Gasteiger partial charge in [-0.1, -0.05) is 29.8 Å². The van der Waals surface area contributed by atoms with Crippen molar-refractivity contribution in [2.24, 2.45) is 10.9 Å². The van der Waals surface area contributed by atoms with E-state index in [-0.39, 0.29) is 54.5 Å². The lowest BCUT2D eigenvalue weighted by Gasteiger charge is -2.38. The van der Waals surface area contributed by atoms with Gasteiger partial charge in [-0.25, -0.2) is 18.4 Å². The molecule has 5 rings (SSSR count). The van der Waals surface area contributed by atoms with Crippen molar-refractivity contribution in [3.63, 3.8) is 0 Å². The molecular formula is C35H45F2N7O6. The molecule has 3 heterocycles. The lowest BCUT2D eigenvalue weighted by atomic mass is 9.64. The summed E-state index contributed by atoms with van der Waals surface area (Å²) in [6, 6.07) is 8.99. The number of nitriles is 1. The molecule has 1 saturated carbocycles. The maximum Gasteiger partial charge on any atom is 0.410 e. The molecule has 2 aromatic rings. The highest BCUT2D eigenvalue weighted by atomic mass is 19.1. The molecule has 2 N–H and O–H groups in total. The molecule has 270 valence electrons. The van der Waals surface area contributed by atoms with Crippen LogP contribution >= 0.6 is 0 Å². The third kappa shape index (κ3) is 8.40. The number of oxime groups is 1. The first-order valence-corrected chi connectivity index (χ1v) is 16.9. The third-order valence-electron chi connectivity index (χ3n) is 9.43. The first-order chi connectivity index (χ1) is 23.7. The van der Waals surface area contributed by atoms with Crippen molar-refractivity contribution in [3.8, 4) is 17.8 Å². The molecule has 0 spiro atoms. The number of ether oxygens (including phenoxy) is 3. The zero-order valence-electron chi connectivity index (χ0n) is 29.1. The summed E-state index contributed by atoms with van der Waals surface area (Å²) in [7, 11) is 1.82. The summed E-state index contributed by atoms with van der Waals surface area (Å²) in [5, 5.41) is 13.3. The van der Waals surface area contributed by atoms with Gasteiger partial charge >= 0.3 is 12.1 Å². The van der Waals surface area contributed by atoms with E-state index >= 15 is 0 Å². The van der Waals surface area contributed by atoms with E-state index in [1.807, 2.05) is 11.9 Å². The van der Waals surface area contributed by atoms with Crippen molar-refractivity contribution in [3.05, 3.63) is 47.5 Å². The minimum atomic E-state index is -1.18. The monoisotopic (exact) mass is 697 g/mol. The van der Waals surface area contributed by atoms with Gasteiger partial charge in [0.15, 0.2) is 0 Å². The topological polar surface area (TPSA) is 165 Å². The van der Waals surface area contributed by atoms with Gasteiger partial charge in [0, 0.05) is 37.5 Å². The molecular weight excluding hydrogens is 652 g/mol. The third-order valence-corrected chi connectivity index (χ3v) is 9.43. The average Bonchev–Trinajstić information content (AvgIpc) is 3.37. The number of halogens is 2. The van der Waals surface area contributed by atoms with Crippen LogP contribution in [0.25, 0.3) is 0 Å². The fourth-order valence-electron chi connectivity index (χ4n) is 6.76. The quantitative estimate of drug-likeness (QED) is 0.157. The Morgan fingerprint density at radius 3 is 2.54 bits per heavy atom. The Bertz CT molecular complexity index is 1630. The van der Waals surface area contributed by atoms with E-state index in [0.29, 0.717) is 32.1 Å². The molecule has 1 amide bonds. The number of carbonyl (C=O) groups is 2. The maximum absolute atomic E-state index is 14.7. The van der Waals surface area contributed by atoms with E-state index in [4.69, 9.17) is 24.8 Å². The Labute approximate surface area is 290 Å². The summed E-state index contributed by atoms with van der Waals surface area (Å²) < 4.78 is 46.8. The fraction of sp³-hybridized carbons (Fsp3) is 0.600.